The first-order valence-corrected chi connectivity index (χ1v) is 4.58. The molecule has 1 aromatic carbocycles. The molecule has 1 atom stereocenters. The molecule has 3 heteroatoms. The minimum Gasteiger partial charge on any atom is -0.497 e. The molecule has 14 heavy (non-hydrogen) atoms. The van der Waals surface area contributed by atoms with E-state index in [1.54, 1.807) is 25.3 Å². The summed E-state index contributed by atoms with van der Waals surface area (Å²) < 4.78 is 10.6. The van der Waals surface area contributed by atoms with Crippen LogP contribution in [0.5, 0.6) is 11.5 Å². The van der Waals surface area contributed by atoms with E-state index < -0.39 is 0 Å². The van der Waals surface area contributed by atoms with Crippen molar-refractivity contribution in [1.82, 2.24) is 0 Å². The van der Waals surface area contributed by atoms with Gasteiger partial charge in [-0.25, -0.2) is 0 Å². The molecule has 1 heterocycles. The van der Waals surface area contributed by atoms with Gasteiger partial charge >= 0.3 is 0 Å². The van der Waals surface area contributed by atoms with Crippen LogP contribution in [0.4, 0.5) is 0 Å². The van der Waals surface area contributed by atoms with E-state index in [0.717, 1.165) is 0 Å². The van der Waals surface area contributed by atoms with Gasteiger partial charge in [-0.1, -0.05) is 0 Å². The van der Waals surface area contributed by atoms with Gasteiger partial charge in [-0.3, -0.25) is 4.79 Å². The van der Waals surface area contributed by atoms with Crippen molar-refractivity contribution in [1.29, 1.82) is 0 Å². The van der Waals surface area contributed by atoms with Crippen LogP contribution < -0.4 is 9.47 Å². The van der Waals surface area contributed by atoms with E-state index in [0.29, 0.717) is 23.5 Å². The highest BCUT2D eigenvalue weighted by molar-refractivity contribution is 6.00. The average molecular weight is 192 g/mol. The van der Waals surface area contributed by atoms with Crippen molar-refractivity contribution in [2.45, 2.75) is 19.4 Å². The van der Waals surface area contributed by atoms with Gasteiger partial charge in [-0.05, 0) is 19.1 Å². The molecule has 0 saturated heterocycles. The summed E-state index contributed by atoms with van der Waals surface area (Å²) in [5.41, 5.74) is 0.656. The molecule has 1 aromatic rings. The number of rotatable bonds is 1. The Labute approximate surface area is 82.6 Å². The molecule has 0 fully saturated rings. The fraction of sp³-hybridized carbons (Fsp3) is 0.364. The van der Waals surface area contributed by atoms with Gasteiger partial charge in [0.25, 0.3) is 0 Å². The Morgan fingerprint density at radius 1 is 1.50 bits per heavy atom. The van der Waals surface area contributed by atoms with E-state index in [9.17, 15) is 4.79 Å². The molecule has 0 saturated carbocycles. The standard InChI is InChI=1S/C11H12O3/c1-7-5-10(12)9-4-3-8(13-2)6-11(9)14-7/h3-4,6-7H,5H2,1-2H3/t7-/m0/s1. The number of methoxy groups -OCH3 is 1. The molecule has 1 aliphatic heterocycles. The van der Waals surface area contributed by atoms with E-state index in [-0.39, 0.29) is 11.9 Å². The fourth-order valence-corrected chi connectivity index (χ4v) is 1.59. The van der Waals surface area contributed by atoms with Crippen molar-refractivity contribution in [2.75, 3.05) is 7.11 Å². The number of benzene rings is 1. The topological polar surface area (TPSA) is 35.5 Å². The van der Waals surface area contributed by atoms with Crippen LogP contribution in [0.2, 0.25) is 0 Å². The molecule has 3 nitrogen and oxygen atoms in total. The van der Waals surface area contributed by atoms with Gasteiger partial charge in [0.15, 0.2) is 5.78 Å². The van der Waals surface area contributed by atoms with E-state index in [1.807, 2.05) is 6.92 Å². The number of hydrogen-bond donors (Lipinski definition) is 0. The van der Waals surface area contributed by atoms with Crippen LogP contribution in [0, 0.1) is 0 Å². The van der Waals surface area contributed by atoms with Crippen molar-refractivity contribution in [3.05, 3.63) is 23.8 Å². The fourth-order valence-electron chi connectivity index (χ4n) is 1.59. The zero-order chi connectivity index (χ0) is 10.1. The Balaban J connectivity index is 2.44. The second kappa shape index (κ2) is 3.33. The Morgan fingerprint density at radius 2 is 2.29 bits per heavy atom. The molecule has 0 N–H and O–H groups in total. The van der Waals surface area contributed by atoms with Crippen LogP contribution in [-0.2, 0) is 0 Å². The van der Waals surface area contributed by atoms with Crippen molar-refractivity contribution < 1.29 is 14.3 Å². The van der Waals surface area contributed by atoms with Crippen molar-refractivity contribution in [2.24, 2.45) is 0 Å². The highest BCUT2D eigenvalue weighted by Crippen LogP contribution is 2.30. The number of ether oxygens (including phenoxy) is 2. The molecule has 0 amide bonds. The van der Waals surface area contributed by atoms with Gasteiger partial charge in [0.2, 0.25) is 0 Å². The van der Waals surface area contributed by atoms with E-state index >= 15 is 0 Å². The van der Waals surface area contributed by atoms with Crippen molar-refractivity contribution >= 4 is 5.78 Å². The monoisotopic (exact) mass is 192 g/mol. The first-order chi connectivity index (χ1) is 6.70. The first kappa shape index (κ1) is 9.06. The number of carbonyl (C=O) groups is 1. The maximum absolute atomic E-state index is 11.6. The second-order valence-electron chi connectivity index (χ2n) is 3.42. The summed E-state index contributed by atoms with van der Waals surface area (Å²) in [5, 5.41) is 0. The largest absolute Gasteiger partial charge is 0.497 e. The van der Waals surface area contributed by atoms with E-state index in [2.05, 4.69) is 0 Å². The SMILES string of the molecule is COc1ccc2c(c1)O[C@@H](C)CC2=O. The number of carbonyl (C=O) groups excluding carboxylic acids is 1. The van der Waals surface area contributed by atoms with Gasteiger partial charge in [0.1, 0.15) is 17.6 Å². The van der Waals surface area contributed by atoms with Crippen LogP contribution >= 0.6 is 0 Å². The van der Waals surface area contributed by atoms with Gasteiger partial charge in [0.05, 0.1) is 12.7 Å². The Kier molecular flexibility index (Phi) is 2.15. The summed E-state index contributed by atoms with van der Waals surface area (Å²) in [6.07, 6.45) is 0.418. The molecule has 0 spiro atoms. The summed E-state index contributed by atoms with van der Waals surface area (Å²) in [5.74, 6) is 1.49. The van der Waals surface area contributed by atoms with Gasteiger partial charge in [0, 0.05) is 12.5 Å². The van der Waals surface area contributed by atoms with Crippen LogP contribution in [0.3, 0.4) is 0 Å². The third kappa shape index (κ3) is 1.45. The van der Waals surface area contributed by atoms with Gasteiger partial charge in [-0.2, -0.15) is 0 Å². The van der Waals surface area contributed by atoms with E-state index in [1.165, 1.54) is 0 Å². The smallest absolute Gasteiger partial charge is 0.170 e. The lowest BCUT2D eigenvalue weighted by Gasteiger charge is -2.22. The predicted octanol–water partition coefficient (Wildman–Crippen LogP) is 2.05. The summed E-state index contributed by atoms with van der Waals surface area (Å²) in [7, 11) is 1.59. The lowest BCUT2D eigenvalue weighted by Crippen LogP contribution is -2.23. The molecule has 0 aromatic heterocycles. The summed E-state index contributed by atoms with van der Waals surface area (Å²) in [4.78, 5) is 11.6. The summed E-state index contributed by atoms with van der Waals surface area (Å²) >= 11 is 0. The van der Waals surface area contributed by atoms with Gasteiger partial charge in [-0.15, -0.1) is 0 Å². The Morgan fingerprint density at radius 3 is 3.00 bits per heavy atom. The predicted molar refractivity (Wildman–Crippen MR) is 52.0 cm³/mol. The molecule has 0 bridgehead atoms. The van der Waals surface area contributed by atoms with Crippen LogP contribution in [-0.4, -0.2) is 19.0 Å². The quantitative estimate of drug-likeness (QED) is 0.683. The number of Topliss-reactive ketones (excluding diaryl/α,β-unsaturated/α-hetero) is 1. The molecule has 2 rings (SSSR count). The van der Waals surface area contributed by atoms with Crippen LogP contribution in [0.1, 0.15) is 23.7 Å². The average Bonchev–Trinajstić information content (AvgIpc) is 2.16. The highest BCUT2D eigenvalue weighted by Gasteiger charge is 2.23. The number of hydrogen-bond acceptors (Lipinski definition) is 3. The lowest BCUT2D eigenvalue weighted by molar-refractivity contribution is 0.0870. The van der Waals surface area contributed by atoms with Gasteiger partial charge < -0.3 is 9.47 Å². The molecular formula is C11H12O3. The number of fused-ring (bicyclic) bond motifs is 1. The Bertz CT molecular complexity index is 371. The third-order valence-corrected chi connectivity index (χ3v) is 2.29. The van der Waals surface area contributed by atoms with Crippen LogP contribution in [0.15, 0.2) is 18.2 Å². The zero-order valence-corrected chi connectivity index (χ0v) is 8.24. The Hall–Kier alpha value is -1.51. The summed E-state index contributed by atoms with van der Waals surface area (Å²) in [6.45, 7) is 1.89. The van der Waals surface area contributed by atoms with Crippen molar-refractivity contribution in [3.63, 3.8) is 0 Å². The third-order valence-electron chi connectivity index (χ3n) is 2.29. The minimum absolute atomic E-state index is 0.0397. The molecule has 74 valence electrons. The zero-order valence-electron chi connectivity index (χ0n) is 8.24. The maximum Gasteiger partial charge on any atom is 0.170 e. The molecule has 0 aliphatic carbocycles. The minimum atomic E-state index is -0.0397. The molecule has 0 unspecified atom stereocenters. The number of ketones is 1. The molecular weight excluding hydrogens is 180 g/mol. The van der Waals surface area contributed by atoms with E-state index in [4.69, 9.17) is 9.47 Å². The van der Waals surface area contributed by atoms with Crippen molar-refractivity contribution in [3.8, 4) is 11.5 Å². The normalized spacial score (nSPS) is 19.9. The lowest BCUT2D eigenvalue weighted by atomic mass is 10.0. The summed E-state index contributed by atoms with van der Waals surface area (Å²) in [6, 6.07) is 5.28. The maximum atomic E-state index is 11.6. The molecule has 0 radical (unpaired) electrons. The molecule has 1 aliphatic rings. The second-order valence-corrected chi connectivity index (χ2v) is 3.42. The highest BCUT2D eigenvalue weighted by atomic mass is 16.5. The first-order valence-electron chi connectivity index (χ1n) is 4.58. The van der Waals surface area contributed by atoms with Crippen LogP contribution in [0.25, 0.3) is 0 Å².